The van der Waals surface area contributed by atoms with Gasteiger partial charge in [-0.3, -0.25) is 9.59 Å². The Hall–Kier alpha value is -1.78. The van der Waals surface area contributed by atoms with E-state index < -0.39 is 24.2 Å². The van der Waals surface area contributed by atoms with Crippen LogP contribution in [0.3, 0.4) is 0 Å². The van der Waals surface area contributed by atoms with Gasteiger partial charge < -0.3 is 5.32 Å². The summed E-state index contributed by atoms with van der Waals surface area (Å²) >= 11 is 0. The van der Waals surface area contributed by atoms with Gasteiger partial charge in [-0.2, -0.15) is 0 Å². The Labute approximate surface area is 85.1 Å². The number of hydrogen-bond acceptors (Lipinski definition) is 2. The summed E-state index contributed by atoms with van der Waals surface area (Å²) in [5.41, 5.74) is -0.0815. The molecule has 0 saturated carbocycles. The van der Waals surface area contributed by atoms with Gasteiger partial charge in [-0.25, -0.2) is 8.78 Å². The number of Topliss-reactive ketones (excluding diaryl/α,β-unsaturated/α-hetero) is 1. The van der Waals surface area contributed by atoms with Crippen LogP contribution in [0.4, 0.5) is 14.5 Å². The van der Waals surface area contributed by atoms with Crippen molar-refractivity contribution in [2.75, 3.05) is 12.0 Å². The summed E-state index contributed by atoms with van der Waals surface area (Å²) in [7, 11) is 0. The highest BCUT2D eigenvalue weighted by atomic mass is 19.1. The number of ketones is 1. The number of anilines is 1. The topological polar surface area (TPSA) is 46.2 Å². The van der Waals surface area contributed by atoms with Crippen molar-refractivity contribution in [1.82, 2.24) is 0 Å². The predicted octanol–water partition coefficient (Wildman–Crippen LogP) is 1.94. The van der Waals surface area contributed by atoms with Crippen molar-refractivity contribution in [1.29, 1.82) is 0 Å². The van der Waals surface area contributed by atoms with Crippen LogP contribution in [0.2, 0.25) is 0 Å². The van der Waals surface area contributed by atoms with Crippen molar-refractivity contribution in [2.45, 2.75) is 6.92 Å². The molecule has 5 heteroatoms. The normalized spacial score (nSPS) is 9.80. The number of alkyl halides is 1. The highest BCUT2D eigenvalue weighted by molar-refractivity contribution is 5.97. The molecular weight excluding hydrogens is 204 g/mol. The lowest BCUT2D eigenvalue weighted by Crippen LogP contribution is -2.09. The third-order valence-corrected chi connectivity index (χ3v) is 1.72. The lowest BCUT2D eigenvalue weighted by Gasteiger charge is -2.04. The Morgan fingerprint density at radius 2 is 2.07 bits per heavy atom. The predicted molar refractivity (Wildman–Crippen MR) is 51.0 cm³/mol. The molecule has 1 aromatic rings. The Kier molecular flexibility index (Phi) is 3.49. The summed E-state index contributed by atoms with van der Waals surface area (Å²) in [5, 5.41) is 2.24. The van der Waals surface area contributed by atoms with Crippen molar-refractivity contribution in [3.05, 3.63) is 29.6 Å². The number of carbonyl (C=O) groups is 2. The molecule has 0 unspecified atom stereocenters. The first-order chi connectivity index (χ1) is 7.04. The van der Waals surface area contributed by atoms with Gasteiger partial charge in [0, 0.05) is 12.5 Å². The fourth-order valence-corrected chi connectivity index (χ4v) is 1.06. The number of nitrogens with one attached hydrogen (secondary N) is 1. The van der Waals surface area contributed by atoms with E-state index in [1.54, 1.807) is 0 Å². The standard InChI is InChI=1S/C10H9F2NO2/c1-6(14)13-9-3-2-7(4-8(9)12)10(15)5-11/h2-4H,5H2,1H3,(H,13,14). The zero-order chi connectivity index (χ0) is 11.4. The molecule has 0 spiro atoms. The molecule has 0 aliphatic heterocycles. The maximum atomic E-state index is 13.2. The molecule has 1 aromatic carbocycles. The molecule has 0 bridgehead atoms. The van der Waals surface area contributed by atoms with Gasteiger partial charge >= 0.3 is 0 Å². The van der Waals surface area contributed by atoms with E-state index in [4.69, 9.17) is 0 Å². The number of hydrogen-bond donors (Lipinski definition) is 1. The maximum absolute atomic E-state index is 13.2. The largest absolute Gasteiger partial charge is 0.324 e. The minimum atomic E-state index is -1.17. The zero-order valence-electron chi connectivity index (χ0n) is 8.01. The van der Waals surface area contributed by atoms with Crippen molar-refractivity contribution in [3.8, 4) is 0 Å². The van der Waals surface area contributed by atoms with E-state index in [1.165, 1.54) is 19.1 Å². The SMILES string of the molecule is CC(=O)Nc1ccc(C(=O)CF)cc1F. The molecule has 15 heavy (non-hydrogen) atoms. The van der Waals surface area contributed by atoms with Crippen LogP contribution in [0, 0.1) is 5.82 Å². The number of rotatable bonds is 3. The molecule has 1 amide bonds. The third kappa shape index (κ3) is 2.83. The van der Waals surface area contributed by atoms with E-state index in [0.717, 1.165) is 6.07 Å². The Bertz CT molecular complexity index is 404. The summed E-state index contributed by atoms with van der Waals surface area (Å²) in [6.45, 7) is 0.0684. The van der Waals surface area contributed by atoms with Crippen molar-refractivity contribution in [2.24, 2.45) is 0 Å². The van der Waals surface area contributed by atoms with E-state index in [2.05, 4.69) is 5.32 Å². The average molecular weight is 213 g/mol. The smallest absolute Gasteiger partial charge is 0.221 e. The minimum Gasteiger partial charge on any atom is -0.324 e. The molecule has 0 aliphatic rings. The summed E-state index contributed by atoms with van der Waals surface area (Å²) < 4.78 is 25.2. The first-order valence-electron chi connectivity index (χ1n) is 4.21. The van der Waals surface area contributed by atoms with Crippen LogP contribution in [-0.2, 0) is 4.79 Å². The van der Waals surface area contributed by atoms with Crippen LogP contribution in [0.5, 0.6) is 0 Å². The fraction of sp³-hybridized carbons (Fsp3) is 0.200. The molecule has 3 nitrogen and oxygen atoms in total. The second kappa shape index (κ2) is 4.63. The van der Waals surface area contributed by atoms with Gasteiger partial charge in [0.1, 0.15) is 5.82 Å². The summed E-state index contributed by atoms with van der Waals surface area (Å²) in [4.78, 5) is 21.5. The Morgan fingerprint density at radius 1 is 1.40 bits per heavy atom. The second-order valence-electron chi connectivity index (χ2n) is 2.93. The van der Waals surface area contributed by atoms with E-state index in [1.807, 2.05) is 0 Å². The Morgan fingerprint density at radius 3 is 2.53 bits per heavy atom. The van der Waals surface area contributed by atoms with Gasteiger partial charge in [0.15, 0.2) is 12.5 Å². The zero-order valence-corrected chi connectivity index (χ0v) is 8.01. The quantitative estimate of drug-likeness (QED) is 0.780. The molecule has 0 heterocycles. The molecule has 0 aromatic heterocycles. The van der Waals surface area contributed by atoms with Crippen LogP contribution < -0.4 is 5.32 Å². The molecule has 0 fully saturated rings. The summed E-state index contributed by atoms with van der Waals surface area (Å²) in [5.74, 6) is -1.97. The minimum absolute atomic E-state index is 0.0297. The molecular formula is C10H9F2NO2. The van der Waals surface area contributed by atoms with Gasteiger partial charge in [0.25, 0.3) is 0 Å². The van der Waals surface area contributed by atoms with Crippen LogP contribution in [0.25, 0.3) is 0 Å². The molecule has 1 N–H and O–H groups in total. The van der Waals surface area contributed by atoms with Gasteiger partial charge in [0.2, 0.25) is 5.91 Å². The van der Waals surface area contributed by atoms with E-state index in [-0.39, 0.29) is 11.3 Å². The highest BCUT2D eigenvalue weighted by Crippen LogP contribution is 2.16. The van der Waals surface area contributed by atoms with E-state index >= 15 is 0 Å². The molecule has 0 radical (unpaired) electrons. The van der Waals surface area contributed by atoms with E-state index in [9.17, 15) is 18.4 Å². The van der Waals surface area contributed by atoms with Crippen LogP contribution in [-0.4, -0.2) is 18.4 Å². The molecule has 0 atom stereocenters. The lowest BCUT2D eigenvalue weighted by molar-refractivity contribution is -0.114. The average Bonchev–Trinajstić information content (AvgIpc) is 2.19. The fourth-order valence-electron chi connectivity index (χ4n) is 1.06. The summed E-state index contributed by atoms with van der Waals surface area (Å²) in [6, 6.07) is 3.38. The van der Waals surface area contributed by atoms with Gasteiger partial charge in [-0.15, -0.1) is 0 Å². The molecule has 80 valence electrons. The number of benzene rings is 1. The maximum Gasteiger partial charge on any atom is 0.221 e. The Balaban J connectivity index is 2.97. The van der Waals surface area contributed by atoms with E-state index in [0.29, 0.717) is 0 Å². The van der Waals surface area contributed by atoms with Crippen molar-refractivity contribution >= 4 is 17.4 Å². The first-order valence-corrected chi connectivity index (χ1v) is 4.21. The van der Waals surface area contributed by atoms with Crippen LogP contribution in [0.15, 0.2) is 18.2 Å². The van der Waals surface area contributed by atoms with Crippen LogP contribution >= 0.6 is 0 Å². The third-order valence-electron chi connectivity index (χ3n) is 1.72. The van der Waals surface area contributed by atoms with Gasteiger partial charge in [0.05, 0.1) is 5.69 Å². The molecule has 0 saturated heterocycles. The summed E-state index contributed by atoms with van der Waals surface area (Å²) in [6.07, 6.45) is 0. The molecule has 1 rings (SSSR count). The highest BCUT2D eigenvalue weighted by Gasteiger charge is 2.09. The van der Waals surface area contributed by atoms with Crippen LogP contribution in [0.1, 0.15) is 17.3 Å². The number of amides is 1. The number of carbonyl (C=O) groups excluding carboxylic acids is 2. The van der Waals surface area contributed by atoms with Gasteiger partial charge in [-0.1, -0.05) is 0 Å². The van der Waals surface area contributed by atoms with Crippen molar-refractivity contribution < 1.29 is 18.4 Å². The van der Waals surface area contributed by atoms with Gasteiger partial charge in [-0.05, 0) is 18.2 Å². The monoisotopic (exact) mass is 213 g/mol. The molecule has 0 aliphatic carbocycles. The number of halogens is 2. The lowest BCUT2D eigenvalue weighted by atomic mass is 10.1. The van der Waals surface area contributed by atoms with Crippen molar-refractivity contribution in [3.63, 3.8) is 0 Å². The second-order valence-corrected chi connectivity index (χ2v) is 2.93. The first kappa shape index (κ1) is 11.3.